The molecule has 0 fully saturated rings. The molecule has 104 valence electrons. The Morgan fingerprint density at radius 3 is 2.55 bits per heavy atom. The summed E-state index contributed by atoms with van der Waals surface area (Å²) in [5.41, 5.74) is 0.944. The van der Waals surface area contributed by atoms with Gasteiger partial charge in [0.25, 0.3) is 0 Å². The van der Waals surface area contributed by atoms with Crippen molar-refractivity contribution in [2.24, 2.45) is 5.92 Å². The summed E-state index contributed by atoms with van der Waals surface area (Å²) in [7, 11) is 0. The van der Waals surface area contributed by atoms with Crippen molar-refractivity contribution in [3.05, 3.63) is 54.2 Å². The fourth-order valence-corrected chi connectivity index (χ4v) is 1.58. The van der Waals surface area contributed by atoms with Crippen molar-refractivity contribution in [2.75, 3.05) is 0 Å². The minimum absolute atomic E-state index is 0.0105. The van der Waals surface area contributed by atoms with Gasteiger partial charge < -0.3 is 10.1 Å². The number of rotatable bonds is 5. The molecule has 0 saturated carbocycles. The van der Waals surface area contributed by atoms with Gasteiger partial charge in [-0.3, -0.25) is 4.79 Å². The van der Waals surface area contributed by atoms with Crippen LogP contribution in [-0.2, 0) is 11.3 Å². The maximum atomic E-state index is 11.5. The third-order valence-corrected chi connectivity index (χ3v) is 2.75. The molecule has 0 radical (unpaired) electrons. The van der Waals surface area contributed by atoms with E-state index in [4.69, 9.17) is 4.74 Å². The van der Waals surface area contributed by atoms with Gasteiger partial charge in [0, 0.05) is 24.7 Å². The third kappa shape index (κ3) is 4.09. The highest BCUT2D eigenvalue weighted by atomic mass is 16.5. The van der Waals surface area contributed by atoms with Crippen LogP contribution in [0, 0.1) is 5.92 Å². The van der Waals surface area contributed by atoms with Gasteiger partial charge >= 0.3 is 0 Å². The SMILES string of the molecule is CC(C)C(=O)NCc1ccc(Oc2ccccc2)nc1. The van der Waals surface area contributed by atoms with Crippen LogP contribution in [0.1, 0.15) is 19.4 Å². The molecule has 1 heterocycles. The maximum Gasteiger partial charge on any atom is 0.222 e. The molecule has 0 aliphatic heterocycles. The summed E-state index contributed by atoms with van der Waals surface area (Å²) in [6, 6.07) is 13.2. The van der Waals surface area contributed by atoms with Crippen molar-refractivity contribution in [3.63, 3.8) is 0 Å². The van der Waals surface area contributed by atoms with Gasteiger partial charge in [-0.1, -0.05) is 38.1 Å². The number of carbonyl (C=O) groups is 1. The molecule has 2 aromatic rings. The third-order valence-electron chi connectivity index (χ3n) is 2.75. The monoisotopic (exact) mass is 270 g/mol. The predicted molar refractivity (Wildman–Crippen MR) is 77.4 cm³/mol. The first-order valence-electron chi connectivity index (χ1n) is 6.60. The molecule has 0 saturated heterocycles. The minimum Gasteiger partial charge on any atom is -0.439 e. The lowest BCUT2D eigenvalue weighted by molar-refractivity contribution is -0.124. The van der Waals surface area contributed by atoms with Gasteiger partial charge in [-0.05, 0) is 17.7 Å². The Morgan fingerprint density at radius 1 is 1.20 bits per heavy atom. The Hall–Kier alpha value is -2.36. The van der Waals surface area contributed by atoms with E-state index in [1.54, 1.807) is 12.3 Å². The van der Waals surface area contributed by atoms with E-state index in [2.05, 4.69) is 10.3 Å². The van der Waals surface area contributed by atoms with Crippen molar-refractivity contribution in [1.82, 2.24) is 10.3 Å². The van der Waals surface area contributed by atoms with Gasteiger partial charge in [0.1, 0.15) is 5.75 Å². The smallest absolute Gasteiger partial charge is 0.222 e. The summed E-state index contributed by atoms with van der Waals surface area (Å²) in [5.74, 6) is 1.31. The summed E-state index contributed by atoms with van der Waals surface area (Å²) in [6.45, 7) is 4.21. The van der Waals surface area contributed by atoms with Crippen molar-refractivity contribution >= 4 is 5.91 Å². The number of pyridine rings is 1. The average molecular weight is 270 g/mol. The Kier molecular flexibility index (Phi) is 4.71. The highest BCUT2D eigenvalue weighted by Gasteiger charge is 2.06. The zero-order chi connectivity index (χ0) is 14.4. The van der Waals surface area contributed by atoms with Crippen LogP contribution in [0.15, 0.2) is 48.7 Å². The minimum atomic E-state index is -0.0105. The Balaban J connectivity index is 1.91. The quantitative estimate of drug-likeness (QED) is 0.908. The number of nitrogens with one attached hydrogen (secondary N) is 1. The molecule has 20 heavy (non-hydrogen) atoms. The molecule has 2 rings (SSSR count). The van der Waals surface area contributed by atoms with Crippen LogP contribution in [0.25, 0.3) is 0 Å². The van der Waals surface area contributed by atoms with E-state index in [0.29, 0.717) is 12.4 Å². The molecule has 1 aromatic heterocycles. The molecule has 4 heteroatoms. The van der Waals surface area contributed by atoms with Crippen LogP contribution in [-0.4, -0.2) is 10.9 Å². The number of aromatic nitrogens is 1. The molecule has 0 aliphatic carbocycles. The van der Waals surface area contributed by atoms with Gasteiger partial charge in [0.2, 0.25) is 11.8 Å². The van der Waals surface area contributed by atoms with Crippen LogP contribution in [0.5, 0.6) is 11.6 Å². The zero-order valence-corrected chi connectivity index (χ0v) is 11.7. The van der Waals surface area contributed by atoms with Crippen LogP contribution in [0.2, 0.25) is 0 Å². The molecule has 0 aliphatic rings. The second kappa shape index (κ2) is 6.70. The predicted octanol–water partition coefficient (Wildman–Crippen LogP) is 3.15. The summed E-state index contributed by atoms with van der Waals surface area (Å²) in [5, 5.41) is 2.85. The summed E-state index contributed by atoms with van der Waals surface area (Å²) < 4.78 is 5.60. The molecular weight excluding hydrogens is 252 g/mol. The second-order valence-electron chi connectivity index (χ2n) is 4.79. The number of hydrogen-bond donors (Lipinski definition) is 1. The van der Waals surface area contributed by atoms with E-state index >= 15 is 0 Å². The molecule has 1 amide bonds. The van der Waals surface area contributed by atoms with Crippen LogP contribution in [0.4, 0.5) is 0 Å². The van der Waals surface area contributed by atoms with Gasteiger partial charge in [0.05, 0.1) is 0 Å². The Bertz CT molecular complexity index is 550. The molecule has 1 aromatic carbocycles. The standard InChI is InChI=1S/C16H18N2O2/c1-12(2)16(19)18-11-13-8-9-15(17-10-13)20-14-6-4-3-5-7-14/h3-10,12H,11H2,1-2H3,(H,18,19). The lowest BCUT2D eigenvalue weighted by Crippen LogP contribution is -2.27. The fourth-order valence-electron chi connectivity index (χ4n) is 1.58. The first-order valence-corrected chi connectivity index (χ1v) is 6.60. The lowest BCUT2D eigenvalue weighted by atomic mass is 10.2. The summed E-state index contributed by atoms with van der Waals surface area (Å²) in [4.78, 5) is 15.7. The summed E-state index contributed by atoms with van der Waals surface area (Å²) >= 11 is 0. The topological polar surface area (TPSA) is 51.2 Å². The van der Waals surface area contributed by atoms with E-state index in [1.165, 1.54) is 0 Å². The van der Waals surface area contributed by atoms with Crippen molar-refractivity contribution in [2.45, 2.75) is 20.4 Å². The maximum absolute atomic E-state index is 11.5. The van der Waals surface area contributed by atoms with Gasteiger partial charge in [0.15, 0.2) is 0 Å². The number of para-hydroxylation sites is 1. The van der Waals surface area contributed by atoms with E-state index in [0.717, 1.165) is 11.3 Å². The van der Waals surface area contributed by atoms with Crippen LogP contribution in [0.3, 0.4) is 0 Å². The average Bonchev–Trinajstić information content (AvgIpc) is 2.47. The first-order chi connectivity index (χ1) is 9.65. The Labute approximate surface area is 118 Å². The second-order valence-corrected chi connectivity index (χ2v) is 4.79. The van der Waals surface area contributed by atoms with E-state index in [-0.39, 0.29) is 11.8 Å². The van der Waals surface area contributed by atoms with Crippen molar-refractivity contribution in [1.29, 1.82) is 0 Å². The summed E-state index contributed by atoms with van der Waals surface area (Å²) in [6.07, 6.45) is 1.71. The number of ether oxygens (including phenoxy) is 1. The molecule has 0 bridgehead atoms. The molecule has 0 atom stereocenters. The van der Waals surface area contributed by atoms with Gasteiger partial charge in [-0.25, -0.2) is 4.98 Å². The highest BCUT2D eigenvalue weighted by Crippen LogP contribution is 2.18. The van der Waals surface area contributed by atoms with Gasteiger partial charge in [-0.15, -0.1) is 0 Å². The van der Waals surface area contributed by atoms with E-state index < -0.39 is 0 Å². The van der Waals surface area contributed by atoms with Crippen LogP contribution >= 0.6 is 0 Å². The van der Waals surface area contributed by atoms with E-state index in [1.807, 2.05) is 50.2 Å². The first kappa shape index (κ1) is 14.1. The van der Waals surface area contributed by atoms with Crippen molar-refractivity contribution < 1.29 is 9.53 Å². The number of amides is 1. The highest BCUT2D eigenvalue weighted by molar-refractivity contribution is 5.77. The molecular formula is C16H18N2O2. The number of carbonyl (C=O) groups excluding carboxylic acids is 1. The van der Waals surface area contributed by atoms with Crippen LogP contribution < -0.4 is 10.1 Å². The van der Waals surface area contributed by atoms with Gasteiger partial charge in [-0.2, -0.15) is 0 Å². The molecule has 0 unspecified atom stereocenters. The largest absolute Gasteiger partial charge is 0.439 e. The number of benzene rings is 1. The van der Waals surface area contributed by atoms with E-state index in [9.17, 15) is 4.79 Å². The van der Waals surface area contributed by atoms with Crippen molar-refractivity contribution in [3.8, 4) is 11.6 Å². The molecule has 4 nitrogen and oxygen atoms in total. The zero-order valence-electron chi connectivity index (χ0n) is 11.7. The fraction of sp³-hybridized carbons (Fsp3) is 0.250. The number of hydrogen-bond acceptors (Lipinski definition) is 3. The molecule has 1 N–H and O–H groups in total. The Morgan fingerprint density at radius 2 is 1.95 bits per heavy atom. The lowest BCUT2D eigenvalue weighted by Gasteiger charge is -2.08. The number of nitrogens with zero attached hydrogens (tertiary/aromatic N) is 1. The normalized spacial score (nSPS) is 10.3. The molecule has 0 spiro atoms.